The summed E-state index contributed by atoms with van der Waals surface area (Å²) in [5.74, 6) is -2.50. The van der Waals surface area contributed by atoms with Gasteiger partial charge in [-0.15, -0.1) is 0 Å². The van der Waals surface area contributed by atoms with Crippen molar-refractivity contribution in [3.05, 3.63) is 52.3 Å². The number of carbonyl (C=O) groups is 2. The van der Waals surface area contributed by atoms with Gasteiger partial charge in [0, 0.05) is 36.8 Å². The Hall–Kier alpha value is -2.77. The second kappa shape index (κ2) is 6.38. The summed E-state index contributed by atoms with van der Waals surface area (Å²) in [6.45, 7) is 2.77. The number of fused-ring (bicyclic) bond motifs is 1. The predicted molar refractivity (Wildman–Crippen MR) is 81.4 cm³/mol. The van der Waals surface area contributed by atoms with Crippen LogP contribution in [0.2, 0.25) is 0 Å². The Kier molecular flexibility index (Phi) is 4.28. The molecule has 2 amide bonds. The van der Waals surface area contributed by atoms with Crippen LogP contribution in [0.4, 0.5) is 8.78 Å². The molecule has 126 valence electrons. The number of aromatic amines is 1. The normalized spacial score (nSPS) is 13.5. The number of aromatic nitrogens is 2. The lowest BCUT2D eigenvalue weighted by atomic mass is 10.0. The fourth-order valence-corrected chi connectivity index (χ4v) is 2.73. The number of nitrogens with zero attached hydrogens (tertiary/aromatic N) is 2. The number of hydrogen-bond acceptors (Lipinski definition) is 3. The summed E-state index contributed by atoms with van der Waals surface area (Å²) in [4.78, 5) is 25.9. The first-order chi connectivity index (χ1) is 11.5. The number of hydrogen-bond donors (Lipinski definition) is 2. The maximum Gasteiger partial charge on any atom is 0.272 e. The number of carbonyl (C=O) groups excluding carboxylic acids is 2. The molecule has 0 aliphatic carbocycles. The molecule has 1 aromatic carbocycles. The summed E-state index contributed by atoms with van der Waals surface area (Å²) in [7, 11) is 0. The number of H-pyrrole nitrogens is 1. The monoisotopic (exact) mass is 334 g/mol. The van der Waals surface area contributed by atoms with E-state index in [-0.39, 0.29) is 23.7 Å². The van der Waals surface area contributed by atoms with Gasteiger partial charge in [-0.05, 0) is 19.1 Å². The molecule has 2 N–H and O–H groups in total. The van der Waals surface area contributed by atoms with Crippen LogP contribution in [0.3, 0.4) is 0 Å². The van der Waals surface area contributed by atoms with Crippen LogP contribution in [-0.2, 0) is 13.0 Å². The molecule has 2 aromatic rings. The highest BCUT2D eigenvalue weighted by atomic mass is 19.1. The molecule has 1 aromatic heterocycles. The van der Waals surface area contributed by atoms with Gasteiger partial charge in [0.2, 0.25) is 0 Å². The summed E-state index contributed by atoms with van der Waals surface area (Å²) in [6.07, 6.45) is 0.482. The summed E-state index contributed by atoms with van der Waals surface area (Å²) < 4.78 is 26.8. The van der Waals surface area contributed by atoms with Crippen molar-refractivity contribution in [3.8, 4) is 0 Å². The lowest BCUT2D eigenvalue weighted by Gasteiger charge is -2.27. The molecule has 0 fully saturated rings. The van der Waals surface area contributed by atoms with Crippen molar-refractivity contribution < 1.29 is 18.4 Å². The van der Waals surface area contributed by atoms with Crippen LogP contribution in [0, 0.1) is 11.6 Å². The zero-order valence-corrected chi connectivity index (χ0v) is 13.0. The van der Waals surface area contributed by atoms with Crippen LogP contribution in [-0.4, -0.2) is 40.0 Å². The van der Waals surface area contributed by atoms with E-state index in [1.807, 2.05) is 0 Å². The summed E-state index contributed by atoms with van der Waals surface area (Å²) in [5, 5.41) is 9.49. The van der Waals surface area contributed by atoms with E-state index in [9.17, 15) is 18.4 Å². The van der Waals surface area contributed by atoms with E-state index in [1.54, 1.807) is 6.92 Å². The molecule has 1 aliphatic rings. The Labute approximate surface area is 136 Å². The van der Waals surface area contributed by atoms with Gasteiger partial charge in [-0.3, -0.25) is 14.7 Å². The van der Waals surface area contributed by atoms with E-state index in [0.717, 1.165) is 17.8 Å². The molecule has 2 heterocycles. The topological polar surface area (TPSA) is 78.1 Å². The van der Waals surface area contributed by atoms with E-state index < -0.39 is 17.5 Å². The van der Waals surface area contributed by atoms with Gasteiger partial charge >= 0.3 is 0 Å². The number of halogens is 2. The first-order valence-corrected chi connectivity index (χ1v) is 7.60. The van der Waals surface area contributed by atoms with Gasteiger partial charge in [-0.1, -0.05) is 0 Å². The fourth-order valence-electron chi connectivity index (χ4n) is 2.73. The standard InChI is InChI=1S/C16H16F2N4O2/c1-2-19-15(23)14-11-8-22(6-5-13(11)20-21-14)16(24)10-4-3-9(17)7-12(10)18/h3-4,7H,2,5-6,8H2,1H3,(H,19,23)(H,20,21). The predicted octanol–water partition coefficient (Wildman–Crippen LogP) is 1.64. The summed E-state index contributed by atoms with van der Waals surface area (Å²) in [6, 6.07) is 2.85. The van der Waals surface area contributed by atoms with Crippen LogP contribution >= 0.6 is 0 Å². The quantitative estimate of drug-likeness (QED) is 0.896. The molecule has 3 rings (SSSR count). The Bertz CT molecular complexity index is 803. The van der Waals surface area contributed by atoms with Gasteiger partial charge in [0.1, 0.15) is 11.6 Å². The van der Waals surface area contributed by atoms with Crippen molar-refractivity contribution in [1.82, 2.24) is 20.4 Å². The number of nitrogens with one attached hydrogen (secondary N) is 2. The second-order valence-electron chi connectivity index (χ2n) is 5.49. The van der Waals surface area contributed by atoms with Gasteiger partial charge in [-0.25, -0.2) is 8.78 Å². The largest absolute Gasteiger partial charge is 0.351 e. The molecule has 0 atom stereocenters. The Morgan fingerprint density at radius 1 is 1.38 bits per heavy atom. The average molecular weight is 334 g/mol. The van der Waals surface area contributed by atoms with Crippen molar-refractivity contribution in [2.75, 3.05) is 13.1 Å². The van der Waals surface area contributed by atoms with Crippen LogP contribution < -0.4 is 5.32 Å². The van der Waals surface area contributed by atoms with Gasteiger partial charge in [0.05, 0.1) is 12.1 Å². The van der Waals surface area contributed by atoms with Crippen LogP contribution in [0.25, 0.3) is 0 Å². The van der Waals surface area contributed by atoms with Crippen molar-refractivity contribution in [1.29, 1.82) is 0 Å². The van der Waals surface area contributed by atoms with E-state index in [0.29, 0.717) is 31.1 Å². The van der Waals surface area contributed by atoms with Crippen molar-refractivity contribution in [2.45, 2.75) is 19.9 Å². The maximum atomic E-state index is 13.8. The average Bonchev–Trinajstić information content (AvgIpc) is 2.97. The van der Waals surface area contributed by atoms with Crippen LogP contribution in [0.15, 0.2) is 18.2 Å². The zero-order chi connectivity index (χ0) is 17.3. The van der Waals surface area contributed by atoms with Crippen LogP contribution in [0.5, 0.6) is 0 Å². The molecule has 1 aliphatic heterocycles. The molecule has 24 heavy (non-hydrogen) atoms. The minimum atomic E-state index is -0.901. The molecule has 0 saturated carbocycles. The molecular weight excluding hydrogens is 318 g/mol. The van der Waals surface area contributed by atoms with Crippen LogP contribution in [0.1, 0.15) is 39.0 Å². The SMILES string of the molecule is CCNC(=O)c1n[nH]c2c1CN(C(=O)c1ccc(F)cc1F)CC2. The molecule has 0 unspecified atom stereocenters. The lowest BCUT2D eigenvalue weighted by Crippen LogP contribution is -2.37. The number of benzene rings is 1. The molecule has 8 heteroatoms. The van der Waals surface area contributed by atoms with E-state index in [4.69, 9.17) is 0 Å². The smallest absolute Gasteiger partial charge is 0.272 e. The van der Waals surface area contributed by atoms with E-state index in [1.165, 1.54) is 4.90 Å². The Morgan fingerprint density at radius 3 is 2.88 bits per heavy atom. The van der Waals surface area contributed by atoms with Crippen molar-refractivity contribution in [3.63, 3.8) is 0 Å². The molecule has 0 saturated heterocycles. The minimum Gasteiger partial charge on any atom is -0.351 e. The third-order valence-corrected chi connectivity index (χ3v) is 3.93. The third kappa shape index (κ3) is 2.86. The van der Waals surface area contributed by atoms with Gasteiger partial charge < -0.3 is 10.2 Å². The molecule has 0 spiro atoms. The van der Waals surface area contributed by atoms with Gasteiger partial charge in [0.25, 0.3) is 11.8 Å². The van der Waals surface area contributed by atoms with Crippen molar-refractivity contribution in [2.24, 2.45) is 0 Å². The molecular formula is C16H16F2N4O2. The maximum absolute atomic E-state index is 13.8. The fraction of sp³-hybridized carbons (Fsp3) is 0.312. The van der Waals surface area contributed by atoms with Crippen molar-refractivity contribution >= 4 is 11.8 Å². The Morgan fingerprint density at radius 2 is 2.17 bits per heavy atom. The highest BCUT2D eigenvalue weighted by Gasteiger charge is 2.29. The number of rotatable bonds is 3. The highest BCUT2D eigenvalue weighted by Crippen LogP contribution is 2.23. The first-order valence-electron chi connectivity index (χ1n) is 7.60. The molecule has 0 radical (unpaired) electrons. The molecule has 6 nitrogen and oxygen atoms in total. The highest BCUT2D eigenvalue weighted by molar-refractivity contribution is 5.96. The lowest BCUT2D eigenvalue weighted by molar-refractivity contribution is 0.0726. The Balaban J connectivity index is 1.85. The third-order valence-electron chi connectivity index (χ3n) is 3.93. The minimum absolute atomic E-state index is 0.147. The summed E-state index contributed by atoms with van der Waals surface area (Å²) >= 11 is 0. The van der Waals surface area contributed by atoms with Gasteiger partial charge in [0.15, 0.2) is 5.69 Å². The molecule has 0 bridgehead atoms. The zero-order valence-electron chi connectivity index (χ0n) is 13.0. The second-order valence-corrected chi connectivity index (χ2v) is 5.49. The van der Waals surface area contributed by atoms with E-state index >= 15 is 0 Å². The van der Waals surface area contributed by atoms with Gasteiger partial charge in [-0.2, -0.15) is 5.10 Å². The number of amides is 2. The summed E-state index contributed by atoms with van der Waals surface area (Å²) in [5.41, 5.74) is 1.47. The first kappa shape index (κ1) is 16.1. The van der Waals surface area contributed by atoms with E-state index in [2.05, 4.69) is 15.5 Å².